The van der Waals surface area contributed by atoms with Gasteiger partial charge in [0.2, 0.25) is 0 Å². The van der Waals surface area contributed by atoms with Crippen LogP contribution in [0, 0.1) is 5.92 Å². The number of thiophene rings is 1. The van der Waals surface area contributed by atoms with E-state index in [1.54, 1.807) is 35.6 Å². The highest BCUT2D eigenvalue weighted by Gasteiger charge is 2.36. The second-order valence-corrected chi connectivity index (χ2v) is 9.07. The average Bonchev–Trinajstić information content (AvgIpc) is 3.21. The predicted molar refractivity (Wildman–Crippen MR) is 112 cm³/mol. The molecule has 30 heavy (non-hydrogen) atoms. The Bertz CT molecular complexity index is 1250. The lowest BCUT2D eigenvalue weighted by molar-refractivity contribution is -0.120. The van der Waals surface area contributed by atoms with Crippen LogP contribution in [-0.4, -0.2) is 38.6 Å². The Kier molecular flexibility index (Phi) is 4.39. The summed E-state index contributed by atoms with van der Waals surface area (Å²) in [5, 5.41) is 0.609. The third-order valence-corrected chi connectivity index (χ3v) is 7.00. The number of aromatic nitrogens is 2. The zero-order valence-electron chi connectivity index (χ0n) is 16.4. The minimum Gasteiger partial charge on any atom is -0.296 e. The molecular weight excluding hydrogens is 402 g/mol. The fourth-order valence-corrected chi connectivity index (χ4v) is 5.62. The highest BCUT2D eigenvalue weighted by atomic mass is 32.1. The van der Waals surface area contributed by atoms with Crippen molar-refractivity contribution in [3.05, 3.63) is 62.5 Å². The van der Waals surface area contributed by atoms with Gasteiger partial charge in [0.25, 0.3) is 17.4 Å². The van der Waals surface area contributed by atoms with Gasteiger partial charge in [0.15, 0.2) is 5.78 Å². The van der Waals surface area contributed by atoms with Gasteiger partial charge < -0.3 is 0 Å². The number of nitrogens with zero attached hydrogens (tertiary/aromatic N) is 3. The fraction of sp³-hybridized carbons (Fsp3) is 0.318. The summed E-state index contributed by atoms with van der Waals surface area (Å²) in [5.41, 5.74) is 1.43. The highest BCUT2D eigenvalue weighted by molar-refractivity contribution is 7.18. The van der Waals surface area contributed by atoms with Crippen LogP contribution in [0.15, 0.2) is 35.4 Å². The molecule has 3 aromatic rings. The molecule has 1 atom stereocenters. The van der Waals surface area contributed by atoms with Crippen LogP contribution in [0.3, 0.4) is 0 Å². The van der Waals surface area contributed by atoms with E-state index < -0.39 is 17.6 Å². The molecule has 7 nitrogen and oxygen atoms in total. The van der Waals surface area contributed by atoms with E-state index in [1.807, 2.05) is 0 Å². The molecule has 1 unspecified atom stereocenters. The molecule has 0 saturated heterocycles. The molecular formula is C22H19N3O4S. The molecule has 0 saturated carbocycles. The quantitative estimate of drug-likeness (QED) is 0.604. The van der Waals surface area contributed by atoms with Crippen LogP contribution in [0.1, 0.15) is 44.5 Å². The molecule has 0 bridgehead atoms. The number of ketones is 1. The lowest BCUT2D eigenvalue weighted by atomic mass is 9.89. The van der Waals surface area contributed by atoms with Gasteiger partial charge in [-0.3, -0.25) is 28.6 Å². The zero-order chi connectivity index (χ0) is 21.0. The Balaban J connectivity index is 1.39. The second-order valence-electron chi connectivity index (χ2n) is 7.99. The molecule has 0 spiro atoms. The van der Waals surface area contributed by atoms with Gasteiger partial charge in [0, 0.05) is 4.88 Å². The lowest BCUT2D eigenvalue weighted by Gasteiger charge is -2.17. The van der Waals surface area contributed by atoms with E-state index in [0.29, 0.717) is 27.3 Å². The van der Waals surface area contributed by atoms with Gasteiger partial charge in [0.05, 0.1) is 35.9 Å². The Hall–Kier alpha value is -3.13. The van der Waals surface area contributed by atoms with Crippen LogP contribution >= 0.6 is 11.3 Å². The first-order valence-corrected chi connectivity index (χ1v) is 10.7. The van der Waals surface area contributed by atoms with Crippen molar-refractivity contribution in [2.45, 2.75) is 32.7 Å². The number of imide groups is 1. The van der Waals surface area contributed by atoms with Crippen molar-refractivity contribution in [1.82, 2.24) is 14.5 Å². The van der Waals surface area contributed by atoms with Crippen molar-refractivity contribution < 1.29 is 14.4 Å². The highest BCUT2D eigenvalue weighted by Crippen LogP contribution is 2.35. The normalized spacial score (nSPS) is 18.0. The van der Waals surface area contributed by atoms with Crippen molar-refractivity contribution in [2.24, 2.45) is 5.92 Å². The Morgan fingerprint density at radius 1 is 1.13 bits per heavy atom. The van der Waals surface area contributed by atoms with Gasteiger partial charge in [-0.2, -0.15) is 0 Å². The number of hydrogen-bond acceptors (Lipinski definition) is 6. The van der Waals surface area contributed by atoms with Gasteiger partial charge in [-0.15, -0.1) is 11.3 Å². The average molecular weight is 421 g/mol. The van der Waals surface area contributed by atoms with Crippen LogP contribution in [0.5, 0.6) is 0 Å². The third kappa shape index (κ3) is 2.90. The van der Waals surface area contributed by atoms with E-state index in [4.69, 9.17) is 0 Å². The van der Waals surface area contributed by atoms with Crippen LogP contribution in [0.25, 0.3) is 10.2 Å². The topological polar surface area (TPSA) is 89.3 Å². The second kappa shape index (κ2) is 6.98. The molecule has 0 radical (unpaired) electrons. The van der Waals surface area contributed by atoms with Crippen LogP contribution in [0.2, 0.25) is 0 Å². The number of amides is 2. The predicted octanol–water partition coefficient (Wildman–Crippen LogP) is 2.45. The van der Waals surface area contributed by atoms with Crippen molar-refractivity contribution >= 4 is 39.2 Å². The summed E-state index contributed by atoms with van der Waals surface area (Å²) in [6.45, 7) is 1.61. The first-order chi connectivity index (χ1) is 14.4. The smallest absolute Gasteiger partial charge is 0.262 e. The van der Waals surface area contributed by atoms with Crippen molar-refractivity contribution in [3.63, 3.8) is 0 Å². The third-order valence-electron chi connectivity index (χ3n) is 5.84. The number of aryl methyl sites for hydroxylation is 1. The maximum Gasteiger partial charge on any atom is 0.262 e. The van der Waals surface area contributed by atoms with Crippen molar-refractivity contribution in [1.29, 1.82) is 0 Å². The summed E-state index contributed by atoms with van der Waals surface area (Å²) >= 11 is 1.56. The zero-order valence-corrected chi connectivity index (χ0v) is 17.2. The molecule has 2 aromatic heterocycles. The number of benzene rings is 1. The van der Waals surface area contributed by atoms with Crippen molar-refractivity contribution in [3.8, 4) is 0 Å². The molecule has 2 aliphatic rings. The SMILES string of the molecule is CC1CCc2c(sc3ncn(CC(=O)CN4C(=O)c5ccccc5C4=O)c(=O)c23)C1. The van der Waals surface area contributed by atoms with E-state index in [-0.39, 0.29) is 18.6 Å². The maximum absolute atomic E-state index is 13.1. The van der Waals surface area contributed by atoms with E-state index in [1.165, 1.54) is 15.8 Å². The molecule has 152 valence electrons. The Morgan fingerprint density at radius 2 is 1.83 bits per heavy atom. The van der Waals surface area contributed by atoms with Crippen LogP contribution in [-0.2, 0) is 24.2 Å². The first-order valence-electron chi connectivity index (χ1n) is 9.90. The van der Waals surface area contributed by atoms with Gasteiger partial charge in [-0.05, 0) is 42.9 Å². The largest absolute Gasteiger partial charge is 0.296 e. The summed E-state index contributed by atoms with van der Waals surface area (Å²) in [6, 6.07) is 6.50. The number of carbonyl (C=O) groups is 3. The monoisotopic (exact) mass is 421 g/mol. The molecule has 1 aromatic carbocycles. The van der Waals surface area contributed by atoms with Crippen LogP contribution in [0.4, 0.5) is 0 Å². The van der Waals surface area contributed by atoms with Crippen molar-refractivity contribution in [2.75, 3.05) is 6.54 Å². The van der Waals surface area contributed by atoms with Gasteiger partial charge in [0.1, 0.15) is 4.83 Å². The van der Waals surface area contributed by atoms with E-state index >= 15 is 0 Å². The molecule has 3 heterocycles. The summed E-state index contributed by atoms with van der Waals surface area (Å²) in [5.74, 6) is -0.767. The number of Topliss-reactive ketones (excluding diaryl/α,β-unsaturated/α-hetero) is 1. The Labute approximate surface area is 176 Å². The molecule has 5 rings (SSSR count). The van der Waals surface area contributed by atoms with E-state index in [9.17, 15) is 19.2 Å². The summed E-state index contributed by atoms with van der Waals surface area (Å²) in [6.07, 6.45) is 4.22. The van der Waals surface area contributed by atoms with Crippen LogP contribution < -0.4 is 5.56 Å². The minimum absolute atomic E-state index is 0.226. The number of carbonyl (C=O) groups excluding carboxylic acids is 3. The number of rotatable bonds is 4. The minimum atomic E-state index is -0.481. The maximum atomic E-state index is 13.1. The van der Waals surface area contributed by atoms with Gasteiger partial charge in [-0.1, -0.05) is 19.1 Å². The van der Waals surface area contributed by atoms with Gasteiger partial charge in [-0.25, -0.2) is 4.98 Å². The molecule has 8 heteroatoms. The first kappa shape index (κ1) is 18.9. The molecule has 1 aliphatic heterocycles. The lowest BCUT2D eigenvalue weighted by Crippen LogP contribution is -2.37. The standard InChI is InChI=1S/C22H19N3O4S/c1-12-6-7-16-17(8-12)30-19-18(16)22(29)24(11-23-19)9-13(26)10-25-20(27)14-4-2-3-5-15(14)21(25)28/h2-5,11-12H,6-10H2,1H3. The van der Waals surface area contributed by atoms with Gasteiger partial charge >= 0.3 is 0 Å². The molecule has 2 amide bonds. The molecule has 0 fully saturated rings. The summed E-state index contributed by atoms with van der Waals surface area (Å²) < 4.78 is 1.29. The molecule has 1 aliphatic carbocycles. The molecule has 0 N–H and O–H groups in total. The van der Waals surface area contributed by atoms with E-state index in [0.717, 1.165) is 29.7 Å². The van der Waals surface area contributed by atoms with E-state index in [2.05, 4.69) is 11.9 Å². The number of fused-ring (bicyclic) bond motifs is 4. The number of hydrogen-bond donors (Lipinski definition) is 0. The fourth-order valence-electron chi connectivity index (χ4n) is 4.28. The summed E-state index contributed by atoms with van der Waals surface area (Å²) in [7, 11) is 0. The Morgan fingerprint density at radius 3 is 2.53 bits per heavy atom. The summed E-state index contributed by atoms with van der Waals surface area (Å²) in [4.78, 5) is 57.9.